The maximum Gasteiger partial charge on any atom is 0.383 e. The van der Waals surface area contributed by atoms with E-state index in [1.54, 1.807) is 18.2 Å². The summed E-state index contributed by atoms with van der Waals surface area (Å²) in [5, 5.41) is 0. The maximum atomic E-state index is 12.9. The molecule has 0 aromatic heterocycles. The zero-order valence-electron chi connectivity index (χ0n) is 7.71. The van der Waals surface area contributed by atoms with Crippen molar-refractivity contribution in [2.75, 3.05) is 7.11 Å². The minimum Gasteiger partial charge on any atom is -0.405 e. The highest BCUT2D eigenvalue weighted by Crippen LogP contribution is 2.28. The number of hydrogen-bond acceptors (Lipinski definition) is 2. The van der Waals surface area contributed by atoms with Gasteiger partial charge in [0, 0.05) is 7.11 Å². The number of ether oxygens (including phenoxy) is 1. The van der Waals surface area contributed by atoms with Crippen molar-refractivity contribution < 1.29 is 13.5 Å². The highest BCUT2D eigenvalue weighted by atomic mass is 19.3. The molecular formula is C10H11F2NO. The third-order valence-electron chi connectivity index (χ3n) is 1.79. The van der Waals surface area contributed by atoms with E-state index >= 15 is 0 Å². The van der Waals surface area contributed by atoms with E-state index in [9.17, 15) is 8.78 Å². The highest BCUT2D eigenvalue weighted by Gasteiger charge is 2.30. The summed E-state index contributed by atoms with van der Waals surface area (Å²) in [4.78, 5) is 0. The Morgan fingerprint density at radius 1 is 1.29 bits per heavy atom. The van der Waals surface area contributed by atoms with Crippen molar-refractivity contribution in [1.29, 1.82) is 0 Å². The number of halogens is 2. The van der Waals surface area contributed by atoms with E-state index in [0.717, 1.165) is 12.7 Å². The maximum absolute atomic E-state index is 12.9. The molecule has 0 bridgehead atoms. The number of hydrogen-bond donors (Lipinski definition) is 1. The zero-order chi connectivity index (χ0) is 10.6. The molecule has 76 valence electrons. The van der Waals surface area contributed by atoms with Crippen LogP contribution in [0.1, 0.15) is 11.1 Å². The second-order valence-electron chi connectivity index (χ2n) is 2.70. The summed E-state index contributed by atoms with van der Waals surface area (Å²) in [6, 6.07) is 5.70. The lowest BCUT2D eigenvalue weighted by molar-refractivity contribution is -0.231. The summed E-state index contributed by atoms with van der Waals surface area (Å²) >= 11 is 0. The molecule has 0 aliphatic rings. The molecule has 1 rings (SSSR count). The fourth-order valence-corrected chi connectivity index (χ4v) is 1.02. The quantitative estimate of drug-likeness (QED) is 0.810. The molecule has 0 fully saturated rings. The first-order chi connectivity index (χ1) is 6.60. The standard InChI is InChI=1S/C10H11F2NO/c1-14-10(11,12)9-4-2-8(3-5-9)6-7-13/h2-7H,13H2,1H3/b7-6+. The van der Waals surface area contributed by atoms with Gasteiger partial charge in [0.15, 0.2) is 0 Å². The van der Waals surface area contributed by atoms with Crippen molar-refractivity contribution in [3.63, 3.8) is 0 Å². The number of methoxy groups -OCH3 is 1. The Morgan fingerprint density at radius 2 is 1.86 bits per heavy atom. The Kier molecular flexibility index (Phi) is 3.19. The van der Waals surface area contributed by atoms with Gasteiger partial charge in [-0.1, -0.05) is 12.1 Å². The Morgan fingerprint density at radius 3 is 2.29 bits per heavy atom. The molecular weight excluding hydrogens is 188 g/mol. The molecule has 1 aromatic carbocycles. The predicted octanol–water partition coefficient (Wildman–Crippen LogP) is 2.31. The van der Waals surface area contributed by atoms with Gasteiger partial charge in [-0.25, -0.2) is 0 Å². The first kappa shape index (κ1) is 10.7. The van der Waals surface area contributed by atoms with Gasteiger partial charge in [0.1, 0.15) is 0 Å². The highest BCUT2D eigenvalue weighted by molar-refractivity contribution is 5.49. The Bertz CT molecular complexity index is 319. The zero-order valence-corrected chi connectivity index (χ0v) is 7.71. The summed E-state index contributed by atoms with van der Waals surface area (Å²) in [5.74, 6) is 0. The van der Waals surface area contributed by atoms with Crippen LogP contribution in [0.5, 0.6) is 0 Å². The van der Waals surface area contributed by atoms with Crippen molar-refractivity contribution in [3.8, 4) is 0 Å². The normalized spacial score (nSPS) is 12.2. The number of rotatable bonds is 3. The molecule has 0 spiro atoms. The summed E-state index contributed by atoms with van der Waals surface area (Å²) in [6.45, 7) is 0. The van der Waals surface area contributed by atoms with E-state index in [1.165, 1.54) is 18.3 Å². The Balaban J connectivity index is 2.93. The van der Waals surface area contributed by atoms with E-state index in [4.69, 9.17) is 5.73 Å². The molecule has 0 amide bonds. The van der Waals surface area contributed by atoms with Crippen LogP contribution in [0, 0.1) is 0 Å². The first-order valence-electron chi connectivity index (χ1n) is 4.02. The fourth-order valence-electron chi connectivity index (χ4n) is 1.02. The molecule has 0 aliphatic heterocycles. The lowest BCUT2D eigenvalue weighted by atomic mass is 10.1. The average molecular weight is 199 g/mol. The fraction of sp³-hybridized carbons (Fsp3) is 0.200. The molecule has 4 heteroatoms. The van der Waals surface area contributed by atoms with E-state index in [-0.39, 0.29) is 5.56 Å². The van der Waals surface area contributed by atoms with Gasteiger partial charge >= 0.3 is 6.11 Å². The van der Waals surface area contributed by atoms with Crippen LogP contribution in [0.25, 0.3) is 6.08 Å². The van der Waals surface area contributed by atoms with Crippen molar-refractivity contribution in [2.45, 2.75) is 6.11 Å². The number of nitrogens with two attached hydrogens (primary N) is 1. The predicted molar refractivity (Wildman–Crippen MR) is 50.6 cm³/mol. The van der Waals surface area contributed by atoms with Gasteiger partial charge in [0.25, 0.3) is 0 Å². The average Bonchev–Trinajstić information content (AvgIpc) is 2.19. The molecule has 2 N–H and O–H groups in total. The van der Waals surface area contributed by atoms with Crippen molar-refractivity contribution >= 4 is 6.08 Å². The molecule has 0 heterocycles. The molecule has 0 unspecified atom stereocenters. The molecule has 14 heavy (non-hydrogen) atoms. The number of benzene rings is 1. The van der Waals surface area contributed by atoms with Crippen molar-refractivity contribution in [2.24, 2.45) is 5.73 Å². The number of alkyl halides is 2. The van der Waals surface area contributed by atoms with Gasteiger partial charge in [0.2, 0.25) is 0 Å². The second-order valence-corrected chi connectivity index (χ2v) is 2.70. The largest absolute Gasteiger partial charge is 0.405 e. The van der Waals surface area contributed by atoms with Gasteiger partial charge in [-0.15, -0.1) is 0 Å². The van der Waals surface area contributed by atoms with E-state index in [1.807, 2.05) is 0 Å². The van der Waals surface area contributed by atoms with Crippen molar-refractivity contribution in [3.05, 3.63) is 41.6 Å². The van der Waals surface area contributed by atoms with Crippen LogP contribution in [0.3, 0.4) is 0 Å². The van der Waals surface area contributed by atoms with Gasteiger partial charge in [-0.2, -0.15) is 8.78 Å². The van der Waals surface area contributed by atoms with Crippen LogP contribution >= 0.6 is 0 Å². The summed E-state index contributed by atoms with van der Waals surface area (Å²) in [5.41, 5.74) is 5.75. The van der Waals surface area contributed by atoms with E-state index < -0.39 is 6.11 Å². The molecule has 0 saturated carbocycles. The SMILES string of the molecule is COC(F)(F)c1ccc(/C=C/N)cc1. The van der Waals surface area contributed by atoms with Crippen LogP contribution in [0.15, 0.2) is 30.5 Å². The molecule has 0 saturated heterocycles. The summed E-state index contributed by atoms with van der Waals surface area (Å²) < 4.78 is 29.9. The Hall–Kier alpha value is -1.42. The van der Waals surface area contributed by atoms with E-state index in [0.29, 0.717) is 0 Å². The summed E-state index contributed by atoms with van der Waals surface area (Å²) in [7, 11) is 0.966. The van der Waals surface area contributed by atoms with Gasteiger partial charge in [-0.3, -0.25) is 0 Å². The van der Waals surface area contributed by atoms with Crippen LogP contribution < -0.4 is 5.73 Å². The topological polar surface area (TPSA) is 35.2 Å². The van der Waals surface area contributed by atoms with Crippen LogP contribution in [0.4, 0.5) is 8.78 Å². The molecule has 2 nitrogen and oxygen atoms in total. The van der Waals surface area contributed by atoms with Gasteiger partial charge < -0.3 is 10.5 Å². The third kappa shape index (κ3) is 2.29. The Labute approximate surface area is 81.0 Å². The van der Waals surface area contributed by atoms with Crippen molar-refractivity contribution in [1.82, 2.24) is 0 Å². The summed E-state index contributed by atoms with van der Waals surface area (Å²) in [6.07, 6.45) is -0.261. The minimum absolute atomic E-state index is 0.172. The van der Waals surface area contributed by atoms with Crippen LogP contribution in [-0.2, 0) is 10.8 Å². The van der Waals surface area contributed by atoms with E-state index in [2.05, 4.69) is 4.74 Å². The smallest absolute Gasteiger partial charge is 0.383 e. The van der Waals surface area contributed by atoms with Crippen LogP contribution in [-0.4, -0.2) is 7.11 Å². The van der Waals surface area contributed by atoms with Gasteiger partial charge in [-0.05, 0) is 30.0 Å². The molecule has 1 aromatic rings. The molecule has 0 aliphatic carbocycles. The first-order valence-corrected chi connectivity index (χ1v) is 4.02. The monoisotopic (exact) mass is 199 g/mol. The van der Waals surface area contributed by atoms with Crippen LogP contribution in [0.2, 0.25) is 0 Å². The lowest BCUT2D eigenvalue weighted by Crippen LogP contribution is -2.15. The minimum atomic E-state index is -3.23. The van der Waals surface area contributed by atoms with Gasteiger partial charge in [0.05, 0.1) is 5.56 Å². The second kappa shape index (κ2) is 4.19. The lowest BCUT2D eigenvalue weighted by Gasteiger charge is -2.13. The third-order valence-corrected chi connectivity index (χ3v) is 1.79. The molecule has 0 atom stereocenters. The molecule has 0 radical (unpaired) electrons.